The van der Waals surface area contributed by atoms with Gasteiger partial charge in [0.15, 0.2) is 0 Å². The van der Waals surface area contributed by atoms with Gasteiger partial charge in [0.05, 0.1) is 22.7 Å². The molecule has 1 amide bonds. The molecule has 0 aliphatic heterocycles. The van der Waals surface area contributed by atoms with Gasteiger partial charge in [-0.15, -0.1) is 0 Å². The highest BCUT2D eigenvalue weighted by Gasteiger charge is 2.09. The van der Waals surface area contributed by atoms with Gasteiger partial charge >= 0.3 is 0 Å². The van der Waals surface area contributed by atoms with Crippen molar-refractivity contribution in [3.05, 3.63) is 59.4 Å². The van der Waals surface area contributed by atoms with Gasteiger partial charge in [-0.1, -0.05) is 23.4 Å². The zero-order chi connectivity index (χ0) is 16.8. The largest absolute Gasteiger partial charge is 0.411 e. The van der Waals surface area contributed by atoms with Crippen LogP contribution >= 0.6 is 0 Å². The van der Waals surface area contributed by atoms with Crippen molar-refractivity contribution in [2.24, 2.45) is 10.3 Å². The zero-order valence-electron chi connectivity index (χ0n) is 12.8. The number of aromatic nitrogens is 1. The fraction of sp³-hybridized carbons (Fsp3) is 0.125. The molecule has 2 rings (SSSR count). The number of hydrogen-bond donors (Lipinski definition) is 3. The van der Waals surface area contributed by atoms with E-state index in [9.17, 15) is 4.79 Å². The first-order valence-electron chi connectivity index (χ1n) is 6.88. The summed E-state index contributed by atoms with van der Waals surface area (Å²) in [6, 6.07) is 12.0. The Balaban J connectivity index is 2.17. The Bertz CT molecular complexity index is 784. The lowest BCUT2D eigenvalue weighted by Gasteiger charge is -2.06. The number of para-hydroxylation sites is 1. The Labute approximate surface area is 133 Å². The molecule has 0 aliphatic carbocycles. The van der Waals surface area contributed by atoms with E-state index in [2.05, 4.69) is 20.7 Å². The molecule has 23 heavy (non-hydrogen) atoms. The fourth-order valence-electron chi connectivity index (χ4n) is 1.84. The van der Waals surface area contributed by atoms with Gasteiger partial charge in [0.1, 0.15) is 5.71 Å². The second-order valence-corrected chi connectivity index (χ2v) is 4.82. The molecule has 118 valence electrons. The number of benzene rings is 1. The number of pyridine rings is 1. The van der Waals surface area contributed by atoms with Crippen molar-refractivity contribution in [3.63, 3.8) is 0 Å². The minimum atomic E-state index is -0.397. The van der Waals surface area contributed by atoms with Gasteiger partial charge in [-0.25, -0.2) is 10.4 Å². The summed E-state index contributed by atoms with van der Waals surface area (Å²) in [6.07, 6.45) is 0. The van der Waals surface area contributed by atoms with E-state index >= 15 is 0 Å². The van der Waals surface area contributed by atoms with Crippen molar-refractivity contribution in [1.29, 1.82) is 0 Å². The summed E-state index contributed by atoms with van der Waals surface area (Å²) in [5, 5.41) is 15.9. The summed E-state index contributed by atoms with van der Waals surface area (Å²) in [6.45, 7) is 3.35. The summed E-state index contributed by atoms with van der Waals surface area (Å²) in [4.78, 5) is 16.4. The van der Waals surface area contributed by atoms with E-state index in [1.807, 2.05) is 0 Å². The molecule has 4 N–H and O–H groups in total. The fourth-order valence-corrected chi connectivity index (χ4v) is 1.84. The summed E-state index contributed by atoms with van der Waals surface area (Å²) >= 11 is 0. The Hall–Kier alpha value is -3.22. The van der Waals surface area contributed by atoms with Gasteiger partial charge in [0, 0.05) is 5.69 Å². The van der Waals surface area contributed by atoms with Crippen LogP contribution in [-0.2, 0) is 0 Å². The van der Waals surface area contributed by atoms with Crippen LogP contribution in [0.15, 0.2) is 52.7 Å². The maximum Gasteiger partial charge on any atom is 0.273 e. The number of rotatable bonds is 4. The van der Waals surface area contributed by atoms with Crippen LogP contribution < -0.4 is 11.2 Å². The predicted octanol–water partition coefficient (Wildman–Crippen LogP) is 2.02. The highest BCUT2D eigenvalue weighted by atomic mass is 16.4. The van der Waals surface area contributed by atoms with E-state index in [0.29, 0.717) is 34.1 Å². The molecule has 0 radical (unpaired) electrons. The number of carbonyl (C=O) groups excluding carboxylic acids is 1. The molecule has 7 heteroatoms. The van der Waals surface area contributed by atoms with Crippen molar-refractivity contribution < 1.29 is 10.0 Å². The molecule has 0 fully saturated rings. The lowest BCUT2D eigenvalue weighted by Crippen LogP contribution is -2.21. The second kappa shape index (κ2) is 7.17. The maximum absolute atomic E-state index is 12.1. The molecule has 2 aromatic rings. The van der Waals surface area contributed by atoms with Crippen LogP contribution in [0.2, 0.25) is 0 Å². The molecule has 1 heterocycles. The van der Waals surface area contributed by atoms with E-state index in [1.165, 1.54) is 0 Å². The Morgan fingerprint density at radius 2 is 1.74 bits per heavy atom. The normalized spacial score (nSPS) is 12.1. The quantitative estimate of drug-likeness (QED) is 0.347. The number of nitrogens with one attached hydrogen (secondary N) is 1. The number of carbonyl (C=O) groups is 1. The summed E-state index contributed by atoms with van der Waals surface area (Å²) in [7, 11) is 0. The average molecular weight is 311 g/mol. The Kier molecular flexibility index (Phi) is 5.03. The number of nitrogens with zero attached hydrogens (tertiary/aromatic N) is 3. The molecule has 1 aromatic carbocycles. The monoisotopic (exact) mass is 311 g/mol. The van der Waals surface area contributed by atoms with Gasteiger partial charge in [-0.3, -0.25) is 4.79 Å². The van der Waals surface area contributed by atoms with Gasteiger partial charge in [0.2, 0.25) is 0 Å². The van der Waals surface area contributed by atoms with E-state index in [1.54, 1.807) is 56.3 Å². The Morgan fingerprint density at radius 3 is 2.39 bits per heavy atom. The van der Waals surface area contributed by atoms with E-state index in [0.717, 1.165) is 0 Å². The SMILES string of the molecule is C/C(=N\O)c1cccc(/C(C)=N/NC(=O)c2ccccc2N)n1. The lowest BCUT2D eigenvalue weighted by atomic mass is 10.2. The van der Waals surface area contributed by atoms with Gasteiger partial charge in [-0.2, -0.15) is 5.10 Å². The number of nitrogens with two attached hydrogens (primary N) is 1. The van der Waals surface area contributed by atoms with Crippen LogP contribution in [0.25, 0.3) is 0 Å². The van der Waals surface area contributed by atoms with E-state index < -0.39 is 5.91 Å². The molecule has 1 aromatic heterocycles. The van der Waals surface area contributed by atoms with Crippen LogP contribution in [0.4, 0.5) is 5.69 Å². The van der Waals surface area contributed by atoms with Crippen LogP contribution in [-0.4, -0.2) is 27.5 Å². The number of oxime groups is 1. The van der Waals surface area contributed by atoms with E-state index in [4.69, 9.17) is 10.9 Å². The molecular weight excluding hydrogens is 294 g/mol. The van der Waals surface area contributed by atoms with Crippen molar-refractivity contribution in [2.45, 2.75) is 13.8 Å². The summed E-state index contributed by atoms with van der Waals surface area (Å²) in [5.41, 5.74) is 10.9. The Morgan fingerprint density at radius 1 is 1.09 bits per heavy atom. The summed E-state index contributed by atoms with van der Waals surface area (Å²) in [5.74, 6) is -0.397. The van der Waals surface area contributed by atoms with Crippen LogP contribution in [0.1, 0.15) is 35.6 Å². The third-order valence-electron chi connectivity index (χ3n) is 3.17. The highest BCUT2D eigenvalue weighted by Crippen LogP contribution is 2.10. The second-order valence-electron chi connectivity index (χ2n) is 4.82. The van der Waals surface area contributed by atoms with Crippen molar-refractivity contribution in [3.8, 4) is 0 Å². The maximum atomic E-state index is 12.1. The minimum Gasteiger partial charge on any atom is -0.411 e. The smallest absolute Gasteiger partial charge is 0.273 e. The molecule has 0 bridgehead atoms. The van der Waals surface area contributed by atoms with Crippen molar-refractivity contribution in [1.82, 2.24) is 10.4 Å². The number of hydrogen-bond acceptors (Lipinski definition) is 6. The molecule has 0 spiro atoms. The molecular formula is C16H17N5O2. The molecule has 0 atom stereocenters. The van der Waals surface area contributed by atoms with Crippen molar-refractivity contribution in [2.75, 3.05) is 5.73 Å². The molecule has 0 unspecified atom stereocenters. The molecule has 0 saturated carbocycles. The predicted molar refractivity (Wildman–Crippen MR) is 88.8 cm³/mol. The summed E-state index contributed by atoms with van der Waals surface area (Å²) < 4.78 is 0. The minimum absolute atomic E-state index is 0.356. The first-order valence-corrected chi connectivity index (χ1v) is 6.88. The number of amides is 1. The van der Waals surface area contributed by atoms with Crippen LogP contribution in [0.5, 0.6) is 0 Å². The van der Waals surface area contributed by atoms with Gasteiger partial charge in [0.25, 0.3) is 5.91 Å². The number of hydrazone groups is 1. The lowest BCUT2D eigenvalue weighted by molar-refractivity contribution is 0.0955. The molecule has 7 nitrogen and oxygen atoms in total. The standard InChI is InChI=1S/C16H17N5O2/c1-10(14-8-5-9-15(18-14)11(2)21-23)19-20-16(22)12-6-3-4-7-13(12)17/h3-9,23H,17H2,1-2H3,(H,20,22)/b19-10+,21-11+. The molecule has 0 saturated heterocycles. The molecule has 0 aliphatic rings. The topological polar surface area (TPSA) is 113 Å². The van der Waals surface area contributed by atoms with Gasteiger partial charge < -0.3 is 10.9 Å². The average Bonchev–Trinajstić information content (AvgIpc) is 2.59. The van der Waals surface area contributed by atoms with Gasteiger partial charge in [-0.05, 0) is 38.1 Å². The number of nitrogen functional groups attached to an aromatic ring is 1. The van der Waals surface area contributed by atoms with Crippen LogP contribution in [0.3, 0.4) is 0 Å². The first kappa shape index (κ1) is 16.2. The highest BCUT2D eigenvalue weighted by molar-refractivity contribution is 6.02. The number of anilines is 1. The third kappa shape index (κ3) is 3.91. The third-order valence-corrected chi connectivity index (χ3v) is 3.17. The zero-order valence-corrected chi connectivity index (χ0v) is 12.8. The first-order chi connectivity index (χ1) is 11.0. The van der Waals surface area contributed by atoms with E-state index in [-0.39, 0.29) is 0 Å². The van der Waals surface area contributed by atoms with Crippen molar-refractivity contribution >= 4 is 23.0 Å². The van der Waals surface area contributed by atoms with Crippen LogP contribution in [0, 0.1) is 0 Å².